The van der Waals surface area contributed by atoms with Crippen molar-refractivity contribution in [3.05, 3.63) is 76.6 Å². The Balaban J connectivity index is 0.947. The number of nitrogens with one attached hydrogen (secondary N) is 3. The van der Waals surface area contributed by atoms with Crippen LogP contribution in [0.25, 0.3) is 6.08 Å². The zero-order valence-electron chi connectivity index (χ0n) is 28.4. The number of carbonyl (C=O) groups is 2. The molecule has 1 saturated carbocycles. The molecule has 2 amide bonds. The van der Waals surface area contributed by atoms with Gasteiger partial charge in [-0.1, -0.05) is 54.8 Å². The van der Waals surface area contributed by atoms with Gasteiger partial charge in [0.25, 0.3) is 0 Å². The highest BCUT2D eigenvalue weighted by Gasteiger charge is 2.31. The van der Waals surface area contributed by atoms with Crippen molar-refractivity contribution in [3.8, 4) is 5.75 Å². The zero-order chi connectivity index (χ0) is 34.3. The van der Waals surface area contributed by atoms with Gasteiger partial charge in [-0.05, 0) is 49.1 Å². The maximum atomic E-state index is 13.4. The molecule has 0 bridgehead atoms. The molecule has 50 heavy (non-hydrogen) atoms. The maximum absolute atomic E-state index is 13.4. The van der Waals surface area contributed by atoms with Crippen LogP contribution in [0.3, 0.4) is 0 Å². The summed E-state index contributed by atoms with van der Waals surface area (Å²) in [4.78, 5) is 39.6. The predicted octanol–water partition coefficient (Wildman–Crippen LogP) is 5.65. The van der Waals surface area contributed by atoms with Crippen molar-refractivity contribution in [2.75, 3.05) is 56.5 Å². The van der Waals surface area contributed by atoms with Crippen molar-refractivity contribution >= 4 is 46.8 Å². The second kappa shape index (κ2) is 16.2. The lowest BCUT2D eigenvalue weighted by molar-refractivity contribution is -0.137. The monoisotopic (exact) mass is 699 g/mol. The lowest BCUT2D eigenvalue weighted by Crippen LogP contribution is -2.47. The average molecular weight is 700 g/mol. The Morgan fingerprint density at radius 1 is 1.02 bits per heavy atom. The summed E-state index contributed by atoms with van der Waals surface area (Å²) in [5.41, 5.74) is 3.35. The maximum Gasteiger partial charge on any atom is 0.247 e. The molecule has 2 saturated heterocycles. The third kappa shape index (κ3) is 8.57. The molecule has 11 nitrogen and oxygen atoms in total. The SMILES string of the molecule is O=C(NCC1CN(Cc2ccccc2)CCO1)C1=Cc2c(ncnc2Nc2ccc(OC3CCN(C(=O)C4CCCC4)CC3)c(Cl)c2)NCC1. The summed E-state index contributed by atoms with van der Waals surface area (Å²) in [6, 6.07) is 16.0. The van der Waals surface area contributed by atoms with Gasteiger partial charge in [0.1, 0.15) is 29.8 Å². The Morgan fingerprint density at radius 2 is 1.84 bits per heavy atom. The van der Waals surface area contributed by atoms with E-state index in [-0.39, 0.29) is 24.0 Å². The van der Waals surface area contributed by atoms with Crippen molar-refractivity contribution in [2.45, 2.75) is 63.7 Å². The first-order chi connectivity index (χ1) is 24.5. The smallest absolute Gasteiger partial charge is 0.247 e. The first kappa shape index (κ1) is 34.3. The highest BCUT2D eigenvalue weighted by molar-refractivity contribution is 6.32. The molecule has 1 aromatic heterocycles. The van der Waals surface area contributed by atoms with E-state index in [4.69, 9.17) is 21.1 Å². The molecule has 1 aliphatic carbocycles. The van der Waals surface area contributed by atoms with Gasteiger partial charge in [0, 0.05) is 75.8 Å². The van der Waals surface area contributed by atoms with Gasteiger partial charge < -0.3 is 30.3 Å². The average Bonchev–Trinajstić information content (AvgIpc) is 3.59. The molecule has 1 atom stereocenters. The Hall–Kier alpha value is -4.19. The normalized spacial score (nSPS) is 20.3. The second-order valence-corrected chi connectivity index (χ2v) is 14.1. The number of piperidine rings is 1. The molecule has 0 spiro atoms. The first-order valence-electron chi connectivity index (χ1n) is 18.0. The van der Waals surface area contributed by atoms with Crippen molar-refractivity contribution in [3.63, 3.8) is 0 Å². The summed E-state index contributed by atoms with van der Waals surface area (Å²) in [5, 5.41) is 10.3. The van der Waals surface area contributed by atoms with Crippen molar-refractivity contribution in [1.29, 1.82) is 0 Å². The summed E-state index contributed by atoms with van der Waals surface area (Å²) in [6.45, 7) is 5.57. The van der Waals surface area contributed by atoms with E-state index in [0.29, 0.717) is 65.6 Å². The molecular weight excluding hydrogens is 654 g/mol. The van der Waals surface area contributed by atoms with Crippen LogP contribution in [0.1, 0.15) is 56.1 Å². The molecule has 7 rings (SSSR count). The van der Waals surface area contributed by atoms with Crippen molar-refractivity contribution < 1.29 is 19.1 Å². The van der Waals surface area contributed by atoms with Gasteiger partial charge in [0.2, 0.25) is 11.8 Å². The quantitative estimate of drug-likeness (QED) is 0.247. The minimum Gasteiger partial charge on any atom is -0.489 e. The number of likely N-dealkylation sites (tertiary alicyclic amines) is 1. The fourth-order valence-corrected chi connectivity index (χ4v) is 7.56. The van der Waals surface area contributed by atoms with Crippen LogP contribution in [0.5, 0.6) is 5.75 Å². The van der Waals surface area contributed by atoms with Crippen LogP contribution >= 0.6 is 11.6 Å². The summed E-state index contributed by atoms with van der Waals surface area (Å²) in [5.74, 6) is 2.23. The molecule has 3 fully saturated rings. The van der Waals surface area contributed by atoms with Crippen LogP contribution < -0.4 is 20.7 Å². The number of anilines is 3. The number of ether oxygens (including phenoxy) is 2. The Bertz CT molecular complexity index is 1670. The lowest BCUT2D eigenvalue weighted by Gasteiger charge is -2.33. The van der Waals surface area contributed by atoms with Crippen molar-refractivity contribution in [1.82, 2.24) is 25.1 Å². The van der Waals surface area contributed by atoms with E-state index < -0.39 is 0 Å². The van der Waals surface area contributed by atoms with Gasteiger partial charge in [-0.25, -0.2) is 9.97 Å². The van der Waals surface area contributed by atoms with Crippen molar-refractivity contribution in [2.24, 2.45) is 5.92 Å². The Kier molecular flexibility index (Phi) is 11.1. The van der Waals surface area contributed by atoms with E-state index in [0.717, 1.165) is 76.9 Å². The largest absolute Gasteiger partial charge is 0.489 e. The number of aromatic nitrogens is 2. The summed E-state index contributed by atoms with van der Waals surface area (Å²) >= 11 is 6.71. The molecule has 0 radical (unpaired) electrons. The van der Waals surface area contributed by atoms with Gasteiger partial charge in [0.15, 0.2) is 0 Å². The van der Waals surface area contributed by atoms with E-state index in [2.05, 4.69) is 55.1 Å². The van der Waals surface area contributed by atoms with Crippen LogP contribution in [0.4, 0.5) is 17.3 Å². The summed E-state index contributed by atoms with van der Waals surface area (Å²) < 4.78 is 12.3. The third-order valence-electron chi connectivity index (χ3n) is 10.1. The van der Waals surface area contributed by atoms with Gasteiger partial charge in [-0.3, -0.25) is 14.5 Å². The predicted molar refractivity (Wildman–Crippen MR) is 195 cm³/mol. The van der Waals surface area contributed by atoms with E-state index >= 15 is 0 Å². The van der Waals surface area contributed by atoms with Crippen LogP contribution in [0, 0.1) is 5.92 Å². The van der Waals surface area contributed by atoms with E-state index in [1.807, 2.05) is 35.2 Å². The molecule has 3 aliphatic heterocycles. The number of nitrogens with zero attached hydrogens (tertiary/aromatic N) is 4. The number of morpholine rings is 1. The topological polar surface area (TPSA) is 121 Å². The fourth-order valence-electron chi connectivity index (χ4n) is 7.34. The van der Waals surface area contributed by atoms with E-state index in [1.165, 1.54) is 11.9 Å². The summed E-state index contributed by atoms with van der Waals surface area (Å²) in [7, 11) is 0. The second-order valence-electron chi connectivity index (χ2n) is 13.6. The number of fused-ring (bicyclic) bond motifs is 1. The zero-order valence-corrected chi connectivity index (χ0v) is 29.2. The number of rotatable bonds is 10. The van der Waals surface area contributed by atoms with E-state index in [1.54, 1.807) is 0 Å². The number of carbonyl (C=O) groups excluding carboxylic acids is 2. The minimum absolute atomic E-state index is 0.00949. The number of halogens is 1. The molecule has 2 aromatic carbocycles. The fraction of sp³-hybridized carbons (Fsp3) is 0.474. The van der Waals surface area contributed by atoms with Crippen LogP contribution in [-0.4, -0.2) is 89.7 Å². The molecule has 4 aliphatic rings. The standard InChI is InChI=1S/C38H46ClN7O4/c39-33-21-29(10-11-34(33)50-30-13-16-46(17-14-30)38(48)27-8-4-5-9-27)44-36-32-20-28(12-15-40-35(32)42-25-43-36)37(47)41-22-31-24-45(18-19-49-31)23-26-6-2-1-3-7-26/h1-3,6-7,10-11,20-21,25,27,30-31H,4-5,8-9,12-19,22-24H2,(H,41,47)(H2,40,42,43,44). The summed E-state index contributed by atoms with van der Waals surface area (Å²) in [6.07, 6.45) is 9.79. The van der Waals surface area contributed by atoms with Gasteiger partial charge in [0.05, 0.1) is 23.3 Å². The molecule has 3 N–H and O–H groups in total. The molecule has 12 heteroatoms. The number of amides is 2. The Labute approximate surface area is 298 Å². The van der Waals surface area contributed by atoms with Crippen LogP contribution in [0.2, 0.25) is 5.02 Å². The van der Waals surface area contributed by atoms with Gasteiger partial charge >= 0.3 is 0 Å². The lowest BCUT2D eigenvalue weighted by atomic mass is 10.0. The van der Waals surface area contributed by atoms with E-state index in [9.17, 15) is 9.59 Å². The first-order valence-corrected chi connectivity index (χ1v) is 18.3. The molecule has 4 heterocycles. The Morgan fingerprint density at radius 3 is 2.64 bits per heavy atom. The number of benzene rings is 2. The molecule has 264 valence electrons. The molecule has 1 unspecified atom stereocenters. The minimum atomic E-state index is -0.128. The highest BCUT2D eigenvalue weighted by atomic mass is 35.5. The van der Waals surface area contributed by atoms with Crippen LogP contribution in [0.15, 0.2) is 60.4 Å². The number of hydrogen-bond donors (Lipinski definition) is 3. The van der Waals surface area contributed by atoms with Gasteiger partial charge in [-0.15, -0.1) is 0 Å². The highest BCUT2D eigenvalue weighted by Crippen LogP contribution is 2.34. The molecular formula is C38H46ClN7O4. The van der Waals surface area contributed by atoms with Crippen LogP contribution in [-0.2, 0) is 20.9 Å². The number of hydrogen-bond acceptors (Lipinski definition) is 9. The molecule has 3 aromatic rings. The van der Waals surface area contributed by atoms with Gasteiger partial charge in [-0.2, -0.15) is 0 Å². The third-order valence-corrected chi connectivity index (χ3v) is 10.4.